The lowest BCUT2D eigenvalue weighted by Crippen LogP contribution is -2.33. The molecule has 7 heteroatoms. The summed E-state index contributed by atoms with van der Waals surface area (Å²) in [4.78, 5) is 45.0. The summed E-state index contributed by atoms with van der Waals surface area (Å²) in [5, 5.41) is 7.81. The van der Waals surface area contributed by atoms with E-state index in [9.17, 15) is 19.2 Å². The Morgan fingerprint density at radius 1 is 0.667 bits per heavy atom. The molecule has 0 heterocycles. The fourth-order valence-corrected chi connectivity index (χ4v) is 1.52. The minimum Gasteiger partial charge on any atom is -0.356 e. The first-order valence-electron chi connectivity index (χ1n) is 7.31. The molecule has 3 amide bonds. The first-order valence-corrected chi connectivity index (χ1v) is 7.31. The van der Waals surface area contributed by atoms with Gasteiger partial charge in [-0.25, -0.2) is 0 Å². The van der Waals surface area contributed by atoms with Crippen LogP contribution >= 0.6 is 0 Å². The molecule has 0 aromatic carbocycles. The summed E-state index contributed by atoms with van der Waals surface area (Å²) in [6, 6.07) is 0. The van der Waals surface area contributed by atoms with Gasteiger partial charge in [0.05, 0.1) is 0 Å². The molecule has 0 aromatic heterocycles. The number of amides is 3. The zero-order valence-corrected chi connectivity index (χ0v) is 12.8. The van der Waals surface area contributed by atoms with Crippen LogP contribution in [0.15, 0.2) is 0 Å². The molecule has 0 rings (SSSR count). The fourth-order valence-electron chi connectivity index (χ4n) is 1.52. The highest BCUT2D eigenvalue weighted by Gasteiger charge is 2.07. The number of Topliss-reactive ketones (excluding diaryl/α,β-unsaturated/α-hetero) is 1. The Bertz CT molecular complexity index is 369. The molecule has 0 aliphatic rings. The zero-order valence-electron chi connectivity index (χ0n) is 12.8. The Hall–Kier alpha value is -1.92. The Labute approximate surface area is 125 Å². The lowest BCUT2D eigenvalue weighted by Gasteiger charge is -2.06. The van der Waals surface area contributed by atoms with E-state index in [-0.39, 0.29) is 62.3 Å². The molecule has 3 N–H and O–H groups in total. The maximum Gasteiger partial charge on any atom is 0.221 e. The second kappa shape index (κ2) is 11.9. The van der Waals surface area contributed by atoms with Gasteiger partial charge in [0.2, 0.25) is 17.7 Å². The standard InChI is InChI=1S/C14H25N3O4/c1-3-11(18)5-6-12(19)16-10-8-14(21)17-9-7-13(20)15-4-2/h3-10H2,1-2H3,(H,15,20)(H,16,19)(H,17,21). The third-order valence-electron chi connectivity index (χ3n) is 2.75. The maximum atomic E-state index is 11.4. The van der Waals surface area contributed by atoms with E-state index < -0.39 is 0 Å². The predicted molar refractivity (Wildman–Crippen MR) is 78.5 cm³/mol. The molecule has 0 spiro atoms. The van der Waals surface area contributed by atoms with Crippen LogP contribution in [0.3, 0.4) is 0 Å². The number of ketones is 1. The van der Waals surface area contributed by atoms with Gasteiger partial charge < -0.3 is 16.0 Å². The molecule has 7 nitrogen and oxygen atoms in total. The Morgan fingerprint density at radius 3 is 1.62 bits per heavy atom. The monoisotopic (exact) mass is 299 g/mol. The van der Waals surface area contributed by atoms with E-state index >= 15 is 0 Å². The van der Waals surface area contributed by atoms with Crippen LogP contribution in [0.4, 0.5) is 0 Å². The maximum absolute atomic E-state index is 11.4. The number of carbonyl (C=O) groups excluding carboxylic acids is 4. The lowest BCUT2D eigenvalue weighted by atomic mass is 10.2. The van der Waals surface area contributed by atoms with Gasteiger partial charge in [0.25, 0.3) is 0 Å². The topological polar surface area (TPSA) is 104 Å². The highest BCUT2D eigenvalue weighted by atomic mass is 16.2. The average Bonchev–Trinajstić information content (AvgIpc) is 2.45. The van der Waals surface area contributed by atoms with E-state index in [2.05, 4.69) is 16.0 Å². The minimum absolute atomic E-state index is 0.0493. The SMILES string of the molecule is CCNC(=O)CCNC(=O)CCNC(=O)CCC(=O)CC. The zero-order chi connectivity index (χ0) is 16.1. The van der Waals surface area contributed by atoms with Crippen LogP contribution in [0.2, 0.25) is 0 Å². The van der Waals surface area contributed by atoms with Gasteiger partial charge in [0.1, 0.15) is 5.78 Å². The molecule has 0 saturated heterocycles. The molecule has 0 aliphatic heterocycles. The van der Waals surface area contributed by atoms with E-state index in [1.165, 1.54) is 0 Å². The van der Waals surface area contributed by atoms with Crippen LogP contribution in [0.5, 0.6) is 0 Å². The van der Waals surface area contributed by atoms with Crippen molar-refractivity contribution in [1.82, 2.24) is 16.0 Å². The minimum atomic E-state index is -0.230. The van der Waals surface area contributed by atoms with Gasteiger partial charge in [-0.05, 0) is 6.92 Å². The molecule has 0 radical (unpaired) electrons. The van der Waals surface area contributed by atoms with Crippen molar-refractivity contribution in [2.75, 3.05) is 19.6 Å². The van der Waals surface area contributed by atoms with Gasteiger partial charge in [0.15, 0.2) is 0 Å². The van der Waals surface area contributed by atoms with Gasteiger partial charge in [-0.3, -0.25) is 19.2 Å². The summed E-state index contributed by atoms with van der Waals surface area (Å²) >= 11 is 0. The largest absolute Gasteiger partial charge is 0.356 e. The lowest BCUT2D eigenvalue weighted by molar-refractivity contribution is -0.125. The predicted octanol–water partition coefficient (Wildman–Crippen LogP) is -0.106. The molecule has 0 aromatic rings. The van der Waals surface area contributed by atoms with Crippen molar-refractivity contribution in [3.05, 3.63) is 0 Å². The molecule has 0 saturated carbocycles. The van der Waals surface area contributed by atoms with E-state index in [0.29, 0.717) is 13.0 Å². The second-order valence-corrected chi connectivity index (χ2v) is 4.55. The van der Waals surface area contributed by atoms with Crippen LogP contribution in [0, 0.1) is 0 Å². The average molecular weight is 299 g/mol. The van der Waals surface area contributed by atoms with Gasteiger partial charge >= 0.3 is 0 Å². The van der Waals surface area contributed by atoms with Crippen LogP contribution in [-0.2, 0) is 19.2 Å². The van der Waals surface area contributed by atoms with Gasteiger partial charge in [0, 0.05) is 51.7 Å². The Kier molecular flexibility index (Phi) is 10.8. The number of nitrogens with one attached hydrogen (secondary N) is 3. The molecule has 0 aliphatic carbocycles. The van der Waals surface area contributed by atoms with Crippen molar-refractivity contribution in [2.45, 2.75) is 46.0 Å². The summed E-state index contributed by atoms with van der Waals surface area (Å²) < 4.78 is 0. The quantitative estimate of drug-likeness (QED) is 0.495. The smallest absolute Gasteiger partial charge is 0.221 e. The number of hydrogen-bond donors (Lipinski definition) is 3. The van der Waals surface area contributed by atoms with Crippen molar-refractivity contribution in [2.24, 2.45) is 0 Å². The van der Waals surface area contributed by atoms with Gasteiger partial charge in [-0.1, -0.05) is 6.92 Å². The number of carbonyl (C=O) groups is 4. The molecular formula is C14H25N3O4. The first kappa shape index (κ1) is 19.1. The highest BCUT2D eigenvalue weighted by Crippen LogP contribution is 1.94. The Balaban J connectivity index is 3.59. The summed E-state index contributed by atoms with van der Waals surface area (Å²) in [5.41, 5.74) is 0. The molecule has 0 atom stereocenters. The van der Waals surface area contributed by atoms with E-state index in [4.69, 9.17) is 0 Å². The normalized spacial score (nSPS) is 9.81. The van der Waals surface area contributed by atoms with Crippen molar-refractivity contribution >= 4 is 23.5 Å². The molecular weight excluding hydrogens is 274 g/mol. The molecule has 0 fully saturated rings. The molecule has 0 bridgehead atoms. The summed E-state index contributed by atoms with van der Waals surface area (Å²) in [6.07, 6.45) is 1.22. The number of rotatable bonds is 11. The molecule has 0 unspecified atom stereocenters. The third kappa shape index (κ3) is 11.6. The van der Waals surface area contributed by atoms with E-state index in [1.807, 2.05) is 6.92 Å². The van der Waals surface area contributed by atoms with Gasteiger partial charge in [-0.15, -0.1) is 0 Å². The van der Waals surface area contributed by atoms with E-state index in [1.54, 1.807) is 6.92 Å². The van der Waals surface area contributed by atoms with Crippen LogP contribution in [-0.4, -0.2) is 43.1 Å². The summed E-state index contributed by atoms with van der Waals surface area (Å²) in [6.45, 7) is 4.66. The van der Waals surface area contributed by atoms with Crippen molar-refractivity contribution in [3.63, 3.8) is 0 Å². The van der Waals surface area contributed by atoms with Crippen LogP contribution in [0.25, 0.3) is 0 Å². The van der Waals surface area contributed by atoms with Crippen molar-refractivity contribution in [1.29, 1.82) is 0 Å². The number of hydrogen-bond acceptors (Lipinski definition) is 4. The summed E-state index contributed by atoms with van der Waals surface area (Å²) in [5.74, 6) is -0.504. The van der Waals surface area contributed by atoms with Crippen molar-refractivity contribution in [3.8, 4) is 0 Å². The fraction of sp³-hybridized carbons (Fsp3) is 0.714. The molecule has 120 valence electrons. The second-order valence-electron chi connectivity index (χ2n) is 4.55. The van der Waals surface area contributed by atoms with E-state index in [0.717, 1.165) is 0 Å². The van der Waals surface area contributed by atoms with Crippen LogP contribution < -0.4 is 16.0 Å². The highest BCUT2D eigenvalue weighted by molar-refractivity contribution is 5.85. The third-order valence-corrected chi connectivity index (χ3v) is 2.75. The first-order chi connectivity index (χ1) is 9.99. The van der Waals surface area contributed by atoms with Crippen molar-refractivity contribution < 1.29 is 19.2 Å². The Morgan fingerprint density at radius 2 is 1.14 bits per heavy atom. The molecule has 21 heavy (non-hydrogen) atoms. The van der Waals surface area contributed by atoms with Crippen LogP contribution in [0.1, 0.15) is 46.0 Å². The summed E-state index contributed by atoms with van der Waals surface area (Å²) in [7, 11) is 0. The van der Waals surface area contributed by atoms with Gasteiger partial charge in [-0.2, -0.15) is 0 Å².